The molecule has 0 aliphatic rings. The predicted molar refractivity (Wildman–Crippen MR) is 129 cm³/mol. The number of ether oxygens (including phenoxy) is 2. The van der Waals surface area contributed by atoms with Gasteiger partial charge in [-0.05, 0) is 48.1 Å². The lowest BCUT2D eigenvalue weighted by molar-refractivity contribution is -0.136. The molecule has 33 heavy (non-hydrogen) atoms. The van der Waals surface area contributed by atoms with Crippen molar-refractivity contribution < 1.29 is 23.5 Å². The van der Waals surface area contributed by atoms with Gasteiger partial charge >= 0.3 is 17.7 Å². The molecule has 0 aliphatic carbocycles. The zero-order valence-corrected chi connectivity index (χ0v) is 19.5. The van der Waals surface area contributed by atoms with Crippen molar-refractivity contribution in [3.05, 3.63) is 76.1 Å². The summed E-state index contributed by atoms with van der Waals surface area (Å²) in [6.07, 6.45) is 3.22. The summed E-state index contributed by atoms with van der Waals surface area (Å²) in [4.78, 5) is 37.0. The lowest BCUT2D eigenvalue weighted by Crippen LogP contribution is -2.43. The molecule has 7 nitrogen and oxygen atoms in total. The number of carbonyl (C=O) groups excluding carboxylic acids is 2. The number of thioether (sulfide) groups is 1. The zero-order valence-electron chi connectivity index (χ0n) is 18.7. The molecule has 1 atom stereocenters. The summed E-state index contributed by atoms with van der Waals surface area (Å²) in [5.74, 6) is 0.260. The largest absolute Gasteiger partial charge is 0.445 e. The summed E-state index contributed by atoms with van der Waals surface area (Å²) in [5, 5.41) is 3.40. The molecule has 2 aromatic carbocycles. The number of hydrogen-bond donors (Lipinski definition) is 1. The van der Waals surface area contributed by atoms with Crippen LogP contribution in [0.3, 0.4) is 0 Å². The van der Waals surface area contributed by atoms with Gasteiger partial charge < -0.3 is 19.2 Å². The molecule has 3 rings (SSSR count). The van der Waals surface area contributed by atoms with Crippen molar-refractivity contribution in [2.45, 2.75) is 38.8 Å². The first-order valence-corrected chi connectivity index (χ1v) is 12.1. The van der Waals surface area contributed by atoms with Crippen LogP contribution >= 0.6 is 11.8 Å². The monoisotopic (exact) mass is 469 g/mol. The van der Waals surface area contributed by atoms with Crippen LogP contribution in [0, 0.1) is 0 Å². The van der Waals surface area contributed by atoms with Crippen LogP contribution in [0.1, 0.15) is 30.9 Å². The molecule has 0 saturated heterocycles. The van der Waals surface area contributed by atoms with Gasteiger partial charge in [0, 0.05) is 17.5 Å². The summed E-state index contributed by atoms with van der Waals surface area (Å²) >= 11 is 1.55. The molecule has 3 aromatic rings. The fourth-order valence-corrected chi connectivity index (χ4v) is 3.80. The fraction of sp³-hybridized carbons (Fsp3) is 0.320. The summed E-state index contributed by atoms with van der Waals surface area (Å²) in [5.41, 5.74) is 1.64. The normalized spacial score (nSPS) is 11.7. The van der Waals surface area contributed by atoms with E-state index in [1.54, 1.807) is 23.9 Å². The topological polar surface area (TPSA) is 94.8 Å². The van der Waals surface area contributed by atoms with Crippen LogP contribution in [0.25, 0.3) is 11.0 Å². The number of carbonyl (C=O) groups is 2. The Morgan fingerprint density at radius 3 is 2.64 bits per heavy atom. The van der Waals surface area contributed by atoms with Crippen LogP contribution in [0.4, 0.5) is 4.79 Å². The average Bonchev–Trinajstić information content (AvgIpc) is 2.81. The Hall–Kier alpha value is -3.26. The first-order valence-electron chi connectivity index (χ1n) is 10.7. The second kappa shape index (κ2) is 12.1. The van der Waals surface area contributed by atoms with Crippen molar-refractivity contribution in [3.63, 3.8) is 0 Å². The van der Waals surface area contributed by atoms with E-state index >= 15 is 0 Å². The van der Waals surface area contributed by atoms with Gasteiger partial charge in [-0.3, -0.25) is 0 Å². The van der Waals surface area contributed by atoms with Gasteiger partial charge in [0.25, 0.3) is 0 Å². The quantitative estimate of drug-likeness (QED) is 0.261. The van der Waals surface area contributed by atoms with E-state index in [0.29, 0.717) is 17.8 Å². The standard InChI is InChI=1S/C25H27NO6S/c1-3-7-18-14-23(27)32-22-15-19(10-11-20(18)22)31-24(28)21(12-13-33-2)26-25(29)30-16-17-8-5-4-6-9-17/h4-6,8-11,14-15,21H,3,7,12-13,16H2,1-2H3,(H,26,29). The molecule has 0 saturated carbocycles. The van der Waals surface area contributed by atoms with Gasteiger partial charge in [-0.15, -0.1) is 0 Å². The molecule has 1 N–H and O–H groups in total. The average molecular weight is 470 g/mol. The third kappa shape index (κ3) is 7.12. The molecule has 0 radical (unpaired) electrons. The summed E-state index contributed by atoms with van der Waals surface area (Å²) in [6, 6.07) is 14.8. The molecule has 0 spiro atoms. The number of alkyl carbamates (subject to hydrolysis) is 1. The second-order valence-corrected chi connectivity index (χ2v) is 8.45. The Morgan fingerprint density at radius 2 is 1.91 bits per heavy atom. The highest BCUT2D eigenvalue weighted by Gasteiger charge is 2.23. The van der Waals surface area contributed by atoms with Crippen LogP contribution in [0.5, 0.6) is 5.75 Å². The van der Waals surface area contributed by atoms with E-state index in [-0.39, 0.29) is 12.4 Å². The minimum absolute atomic E-state index is 0.0980. The van der Waals surface area contributed by atoms with Gasteiger partial charge in [0.1, 0.15) is 24.0 Å². The van der Waals surface area contributed by atoms with Crippen molar-refractivity contribution in [3.8, 4) is 5.75 Å². The number of rotatable bonds is 10. The highest BCUT2D eigenvalue weighted by molar-refractivity contribution is 7.98. The highest BCUT2D eigenvalue weighted by atomic mass is 32.2. The maximum Gasteiger partial charge on any atom is 0.408 e. The minimum Gasteiger partial charge on any atom is -0.445 e. The Labute approximate surface area is 196 Å². The molecule has 0 fully saturated rings. The number of fused-ring (bicyclic) bond motifs is 1. The summed E-state index contributed by atoms with van der Waals surface area (Å²) in [6.45, 7) is 2.13. The number of aryl methyl sites for hydroxylation is 1. The summed E-state index contributed by atoms with van der Waals surface area (Å²) < 4.78 is 16.0. The fourth-order valence-electron chi connectivity index (χ4n) is 3.33. The molecule has 8 heteroatoms. The van der Waals surface area contributed by atoms with Gasteiger partial charge in [-0.1, -0.05) is 43.7 Å². The smallest absolute Gasteiger partial charge is 0.408 e. The molecule has 1 heterocycles. The van der Waals surface area contributed by atoms with Gasteiger partial charge in [0.2, 0.25) is 0 Å². The second-order valence-electron chi connectivity index (χ2n) is 7.46. The van der Waals surface area contributed by atoms with Gasteiger partial charge in [-0.2, -0.15) is 11.8 Å². The molecule has 0 aliphatic heterocycles. The molecule has 1 aromatic heterocycles. The predicted octanol–water partition coefficient (Wildman–Crippen LogP) is 4.70. The van der Waals surface area contributed by atoms with Crippen molar-refractivity contribution >= 4 is 34.8 Å². The van der Waals surface area contributed by atoms with Crippen molar-refractivity contribution in [1.82, 2.24) is 5.32 Å². The molecular weight excluding hydrogens is 442 g/mol. The van der Waals surface area contributed by atoms with Crippen LogP contribution in [0.15, 0.2) is 63.8 Å². The minimum atomic E-state index is -0.880. The van der Waals surface area contributed by atoms with E-state index in [9.17, 15) is 14.4 Å². The lowest BCUT2D eigenvalue weighted by Gasteiger charge is -2.17. The Balaban J connectivity index is 1.69. The van der Waals surface area contributed by atoms with E-state index < -0.39 is 23.7 Å². The number of nitrogens with one attached hydrogen (secondary N) is 1. The molecular formula is C25H27NO6S. The van der Waals surface area contributed by atoms with Crippen LogP contribution in [0.2, 0.25) is 0 Å². The highest BCUT2D eigenvalue weighted by Crippen LogP contribution is 2.24. The third-order valence-electron chi connectivity index (χ3n) is 4.94. The van der Waals surface area contributed by atoms with E-state index in [1.165, 1.54) is 12.1 Å². The molecule has 1 unspecified atom stereocenters. The van der Waals surface area contributed by atoms with E-state index in [1.807, 2.05) is 43.5 Å². The van der Waals surface area contributed by atoms with Crippen molar-refractivity contribution in [2.24, 2.45) is 0 Å². The van der Waals surface area contributed by atoms with Crippen LogP contribution in [-0.2, 0) is 22.6 Å². The Kier molecular flexibility index (Phi) is 8.95. The number of esters is 1. The number of hydrogen-bond acceptors (Lipinski definition) is 7. The first kappa shape index (κ1) is 24.4. The summed E-state index contributed by atoms with van der Waals surface area (Å²) in [7, 11) is 0. The van der Waals surface area contributed by atoms with Gasteiger partial charge in [-0.25, -0.2) is 14.4 Å². The number of amides is 1. The SMILES string of the molecule is CCCc1cc(=O)oc2cc(OC(=O)C(CCSC)NC(=O)OCc3ccccc3)ccc12. The number of benzene rings is 2. The van der Waals surface area contributed by atoms with E-state index in [4.69, 9.17) is 13.9 Å². The van der Waals surface area contributed by atoms with Crippen molar-refractivity contribution in [2.75, 3.05) is 12.0 Å². The molecule has 1 amide bonds. The lowest BCUT2D eigenvalue weighted by atomic mass is 10.1. The molecule has 174 valence electrons. The maximum atomic E-state index is 12.8. The van der Waals surface area contributed by atoms with Crippen LogP contribution in [-0.4, -0.2) is 30.1 Å². The third-order valence-corrected chi connectivity index (χ3v) is 5.58. The molecule has 0 bridgehead atoms. The zero-order chi connectivity index (χ0) is 23.6. The first-order chi connectivity index (χ1) is 16.0. The van der Waals surface area contributed by atoms with E-state index in [0.717, 1.165) is 29.4 Å². The van der Waals surface area contributed by atoms with Crippen LogP contribution < -0.4 is 15.7 Å². The van der Waals surface area contributed by atoms with Crippen molar-refractivity contribution in [1.29, 1.82) is 0 Å². The van der Waals surface area contributed by atoms with E-state index in [2.05, 4.69) is 5.32 Å². The van der Waals surface area contributed by atoms with Gasteiger partial charge in [0.05, 0.1) is 0 Å². The van der Waals surface area contributed by atoms with Gasteiger partial charge in [0.15, 0.2) is 0 Å². The Morgan fingerprint density at radius 1 is 1.12 bits per heavy atom. The Bertz CT molecular complexity index is 1140. The maximum absolute atomic E-state index is 12.8.